The van der Waals surface area contributed by atoms with Gasteiger partial charge < -0.3 is 14.8 Å². The van der Waals surface area contributed by atoms with Crippen molar-refractivity contribution in [3.63, 3.8) is 0 Å². The average molecular weight is 248 g/mol. The van der Waals surface area contributed by atoms with Crippen molar-refractivity contribution in [1.29, 1.82) is 0 Å². The highest BCUT2D eigenvalue weighted by Crippen LogP contribution is 2.09. The molecular weight excluding hydrogens is 236 g/mol. The molecule has 94 valence electrons. The summed E-state index contributed by atoms with van der Waals surface area (Å²) in [6.45, 7) is 3.38. The van der Waals surface area contributed by atoms with Crippen LogP contribution in [0.4, 0.5) is 0 Å². The Hall–Kier alpha value is -2.44. The summed E-state index contributed by atoms with van der Waals surface area (Å²) >= 11 is 0. The average Bonchev–Trinajstić information content (AvgIpc) is 2.76. The third kappa shape index (κ3) is 2.45. The Balaban J connectivity index is 2.13. The number of aryl methyl sites for hydroxylation is 1. The van der Waals surface area contributed by atoms with Crippen LogP contribution >= 0.6 is 0 Å². The van der Waals surface area contributed by atoms with Gasteiger partial charge in [0.2, 0.25) is 5.89 Å². The Bertz CT molecular complexity index is 617. The predicted molar refractivity (Wildman–Crippen MR) is 62.0 cm³/mol. The van der Waals surface area contributed by atoms with Gasteiger partial charge in [-0.2, -0.15) is 4.98 Å². The summed E-state index contributed by atoms with van der Waals surface area (Å²) in [5, 5.41) is 6.24. The zero-order valence-corrected chi connectivity index (χ0v) is 9.93. The Morgan fingerprint density at radius 3 is 2.94 bits per heavy atom. The first-order valence-electron chi connectivity index (χ1n) is 5.36. The van der Waals surface area contributed by atoms with Crippen LogP contribution < -0.4 is 10.9 Å². The summed E-state index contributed by atoms with van der Waals surface area (Å²) in [4.78, 5) is 29.7. The van der Waals surface area contributed by atoms with Crippen molar-refractivity contribution in [2.45, 2.75) is 19.9 Å². The van der Waals surface area contributed by atoms with Gasteiger partial charge in [0.15, 0.2) is 5.82 Å². The minimum atomic E-state index is -0.486. The van der Waals surface area contributed by atoms with E-state index in [4.69, 9.17) is 4.52 Å². The van der Waals surface area contributed by atoms with E-state index in [1.165, 1.54) is 12.3 Å². The topological polar surface area (TPSA) is 101 Å². The smallest absolute Gasteiger partial charge is 0.260 e. The van der Waals surface area contributed by atoms with Crippen molar-refractivity contribution in [1.82, 2.24) is 20.4 Å². The molecule has 0 aromatic carbocycles. The molecule has 2 N–H and O–H groups in total. The zero-order valence-electron chi connectivity index (χ0n) is 9.93. The zero-order chi connectivity index (χ0) is 13.1. The van der Waals surface area contributed by atoms with Crippen LogP contribution in [0.2, 0.25) is 0 Å². The van der Waals surface area contributed by atoms with Crippen LogP contribution in [-0.2, 0) is 0 Å². The number of rotatable bonds is 3. The van der Waals surface area contributed by atoms with Crippen LogP contribution in [-0.4, -0.2) is 21.0 Å². The van der Waals surface area contributed by atoms with Gasteiger partial charge in [-0.1, -0.05) is 5.16 Å². The maximum absolute atomic E-state index is 11.8. The van der Waals surface area contributed by atoms with Crippen LogP contribution in [0.1, 0.15) is 35.0 Å². The quantitative estimate of drug-likeness (QED) is 0.826. The van der Waals surface area contributed by atoms with Crippen LogP contribution in [0, 0.1) is 6.92 Å². The summed E-state index contributed by atoms with van der Waals surface area (Å²) < 4.78 is 4.93. The predicted octanol–water partition coefficient (Wildman–Crippen LogP) is 0.557. The molecule has 2 aromatic heterocycles. The van der Waals surface area contributed by atoms with Gasteiger partial charge in [-0.3, -0.25) is 9.59 Å². The lowest BCUT2D eigenvalue weighted by molar-refractivity contribution is 0.0931. The van der Waals surface area contributed by atoms with Gasteiger partial charge in [-0.15, -0.1) is 0 Å². The fraction of sp³-hybridized carbons (Fsp3) is 0.273. The van der Waals surface area contributed by atoms with E-state index in [1.807, 2.05) is 0 Å². The number of carbonyl (C=O) groups excluding carboxylic acids is 1. The van der Waals surface area contributed by atoms with E-state index in [0.29, 0.717) is 11.7 Å². The van der Waals surface area contributed by atoms with E-state index in [0.717, 1.165) is 0 Å². The van der Waals surface area contributed by atoms with Crippen molar-refractivity contribution in [3.05, 3.63) is 46.0 Å². The maximum atomic E-state index is 11.8. The molecule has 18 heavy (non-hydrogen) atoms. The Kier molecular flexibility index (Phi) is 3.22. The molecule has 7 nitrogen and oxygen atoms in total. The fourth-order valence-electron chi connectivity index (χ4n) is 1.43. The second-order valence-electron chi connectivity index (χ2n) is 3.79. The van der Waals surface area contributed by atoms with Crippen molar-refractivity contribution >= 4 is 5.91 Å². The molecule has 1 atom stereocenters. The van der Waals surface area contributed by atoms with Gasteiger partial charge in [0.05, 0.1) is 0 Å². The molecule has 2 heterocycles. The molecule has 0 fully saturated rings. The molecule has 1 amide bonds. The van der Waals surface area contributed by atoms with Gasteiger partial charge in [-0.05, 0) is 26.0 Å². The normalized spacial score (nSPS) is 12.1. The number of amides is 1. The number of pyridine rings is 1. The van der Waals surface area contributed by atoms with Crippen molar-refractivity contribution in [2.24, 2.45) is 0 Å². The first-order valence-corrected chi connectivity index (χ1v) is 5.36. The van der Waals surface area contributed by atoms with Crippen molar-refractivity contribution < 1.29 is 9.32 Å². The third-order valence-corrected chi connectivity index (χ3v) is 2.32. The summed E-state index contributed by atoms with van der Waals surface area (Å²) in [7, 11) is 0. The SMILES string of the molecule is Cc1noc([C@H](C)NC(=O)c2ccc[nH]c2=O)n1. The number of aromatic nitrogens is 3. The molecule has 0 unspecified atom stereocenters. The second kappa shape index (κ2) is 4.82. The molecule has 0 saturated carbocycles. The molecular formula is C11H12N4O3. The fourth-order valence-corrected chi connectivity index (χ4v) is 1.43. The van der Waals surface area contributed by atoms with E-state index < -0.39 is 17.5 Å². The van der Waals surface area contributed by atoms with Gasteiger partial charge in [0.1, 0.15) is 11.6 Å². The summed E-state index contributed by atoms with van der Waals surface area (Å²) in [5.41, 5.74) is -0.399. The number of hydrogen-bond donors (Lipinski definition) is 2. The molecule has 0 radical (unpaired) electrons. The van der Waals surface area contributed by atoms with Crippen LogP contribution in [0.15, 0.2) is 27.6 Å². The first-order chi connectivity index (χ1) is 8.58. The van der Waals surface area contributed by atoms with Crippen LogP contribution in [0.3, 0.4) is 0 Å². The van der Waals surface area contributed by atoms with E-state index in [-0.39, 0.29) is 5.56 Å². The minimum absolute atomic E-state index is 0.0422. The van der Waals surface area contributed by atoms with E-state index >= 15 is 0 Å². The Labute approximate surface area is 102 Å². The number of carbonyl (C=O) groups is 1. The third-order valence-electron chi connectivity index (χ3n) is 2.32. The van der Waals surface area contributed by atoms with Crippen LogP contribution in [0.5, 0.6) is 0 Å². The molecule has 0 saturated heterocycles. The summed E-state index contributed by atoms with van der Waals surface area (Å²) in [5.74, 6) is 0.303. The highest BCUT2D eigenvalue weighted by molar-refractivity contribution is 5.93. The molecule has 2 aromatic rings. The largest absolute Gasteiger partial charge is 0.340 e. The molecule has 2 rings (SSSR count). The standard InChI is InChI=1S/C11H12N4O3/c1-6(11-14-7(2)15-18-11)13-10(17)8-4-3-5-12-9(8)16/h3-6H,1-2H3,(H,12,16)(H,13,17)/t6-/m0/s1. The van der Waals surface area contributed by atoms with Crippen molar-refractivity contribution in [2.75, 3.05) is 0 Å². The summed E-state index contributed by atoms with van der Waals surface area (Å²) in [6.07, 6.45) is 1.46. The lowest BCUT2D eigenvalue weighted by Crippen LogP contribution is -2.31. The summed E-state index contributed by atoms with van der Waals surface area (Å²) in [6, 6.07) is 2.57. The first kappa shape index (κ1) is 12.0. The van der Waals surface area contributed by atoms with Gasteiger partial charge >= 0.3 is 0 Å². The minimum Gasteiger partial charge on any atom is -0.340 e. The van der Waals surface area contributed by atoms with Gasteiger partial charge in [0.25, 0.3) is 11.5 Å². The van der Waals surface area contributed by atoms with E-state index in [1.54, 1.807) is 19.9 Å². The van der Waals surface area contributed by atoms with Gasteiger partial charge in [-0.25, -0.2) is 0 Å². The molecule has 7 heteroatoms. The molecule has 0 aliphatic heterocycles. The molecule has 0 bridgehead atoms. The number of H-pyrrole nitrogens is 1. The van der Waals surface area contributed by atoms with Crippen molar-refractivity contribution in [3.8, 4) is 0 Å². The Morgan fingerprint density at radius 2 is 2.33 bits per heavy atom. The van der Waals surface area contributed by atoms with Crippen LogP contribution in [0.25, 0.3) is 0 Å². The number of nitrogens with zero attached hydrogens (tertiary/aromatic N) is 2. The molecule has 0 spiro atoms. The lowest BCUT2D eigenvalue weighted by atomic mass is 10.2. The highest BCUT2D eigenvalue weighted by Gasteiger charge is 2.17. The molecule has 0 aliphatic rings. The van der Waals surface area contributed by atoms with E-state index in [2.05, 4.69) is 20.4 Å². The molecule has 0 aliphatic carbocycles. The van der Waals surface area contributed by atoms with Gasteiger partial charge in [0, 0.05) is 6.20 Å². The number of nitrogens with one attached hydrogen (secondary N) is 2. The van der Waals surface area contributed by atoms with E-state index in [9.17, 15) is 9.59 Å². The highest BCUT2D eigenvalue weighted by atomic mass is 16.5. The number of aromatic amines is 1. The second-order valence-corrected chi connectivity index (χ2v) is 3.79. The Morgan fingerprint density at radius 1 is 1.56 bits per heavy atom. The monoisotopic (exact) mass is 248 g/mol. The lowest BCUT2D eigenvalue weighted by Gasteiger charge is -2.08. The maximum Gasteiger partial charge on any atom is 0.260 e. The number of hydrogen-bond acceptors (Lipinski definition) is 5.